The Morgan fingerprint density at radius 3 is 2.71 bits per heavy atom. The first kappa shape index (κ1) is 14.1. The fourth-order valence-electron chi connectivity index (χ4n) is 2.62. The maximum absolute atomic E-state index is 6.29. The van der Waals surface area contributed by atoms with Crippen molar-refractivity contribution in [3.8, 4) is 0 Å². The number of fused-ring (bicyclic) bond motifs is 1. The maximum Gasteiger partial charge on any atom is 0.158 e. The molecule has 21 heavy (non-hydrogen) atoms. The molecule has 1 atom stereocenters. The van der Waals surface area contributed by atoms with E-state index >= 15 is 0 Å². The third-order valence-corrected chi connectivity index (χ3v) is 3.83. The molecule has 3 heterocycles. The predicted molar refractivity (Wildman–Crippen MR) is 80.2 cm³/mol. The molecule has 3 aromatic heterocycles. The average molecular weight is 308 g/mol. The van der Waals surface area contributed by atoms with Crippen LogP contribution in [-0.2, 0) is 27.1 Å². The zero-order valence-corrected chi connectivity index (χ0v) is 13.3. The molecule has 0 aromatic carbocycles. The molecule has 0 aliphatic rings. The molecule has 112 valence electrons. The first-order chi connectivity index (χ1) is 9.99. The van der Waals surface area contributed by atoms with Gasteiger partial charge in [0.15, 0.2) is 5.65 Å². The maximum atomic E-state index is 6.29. The van der Waals surface area contributed by atoms with Crippen molar-refractivity contribution in [2.45, 2.75) is 32.2 Å². The molecule has 3 aromatic rings. The van der Waals surface area contributed by atoms with Crippen LogP contribution < -0.4 is 0 Å². The van der Waals surface area contributed by atoms with Gasteiger partial charge in [-0.3, -0.25) is 4.68 Å². The lowest BCUT2D eigenvalue weighted by Gasteiger charge is -2.10. The molecule has 8 heteroatoms. The molecular weight excluding hydrogens is 290 g/mol. The molecule has 0 saturated heterocycles. The van der Waals surface area contributed by atoms with Crippen molar-refractivity contribution in [3.63, 3.8) is 0 Å². The molecule has 1 unspecified atom stereocenters. The van der Waals surface area contributed by atoms with Crippen molar-refractivity contribution in [2.75, 3.05) is 0 Å². The Morgan fingerprint density at radius 1 is 1.33 bits per heavy atom. The number of imidazole rings is 1. The van der Waals surface area contributed by atoms with E-state index in [1.807, 2.05) is 37.2 Å². The lowest BCUT2D eigenvalue weighted by Crippen LogP contribution is -2.11. The van der Waals surface area contributed by atoms with Crippen LogP contribution in [0.2, 0.25) is 0 Å². The summed E-state index contributed by atoms with van der Waals surface area (Å²) in [6.45, 7) is 4.64. The van der Waals surface area contributed by atoms with E-state index in [1.54, 1.807) is 6.33 Å². The number of halogens is 1. The van der Waals surface area contributed by atoms with Gasteiger partial charge in [0.05, 0.1) is 11.1 Å². The molecule has 0 spiro atoms. The number of hydrogen-bond acceptors (Lipinski definition) is 4. The average Bonchev–Trinajstić information content (AvgIpc) is 3.05. The zero-order valence-electron chi connectivity index (χ0n) is 12.6. The standard InChI is InChI=1S/C13H18ClN7/c1-8(14)12-16-11-9(2)18-20(4)13(11)21(12)6-5-10-17-15-7-19(10)3/h7-8H,5-6H2,1-4H3. The third kappa shape index (κ3) is 2.31. The normalized spacial score (nSPS) is 13.2. The smallest absolute Gasteiger partial charge is 0.158 e. The summed E-state index contributed by atoms with van der Waals surface area (Å²) in [5.41, 5.74) is 2.83. The highest BCUT2D eigenvalue weighted by atomic mass is 35.5. The number of aryl methyl sites for hydroxylation is 5. The summed E-state index contributed by atoms with van der Waals surface area (Å²) in [5, 5.41) is 12.3. The van der Waals surface area contributed by atoms with Crippen LogP contribution in [0, 0.1) is 6.92 Å². The summed E-state index contributed by atoms with van der Waals surface area (Å²) in [6, 6.07) is 0. The summed E-state index contributed by atoms with van der Waals surface area (Å²) in [7, 11) is 3.87. The van der Waals surface area contributed by atoms with Crippen LogP contribution in [0.1, 0.15) is 29.6 Å². The fourth-order valence-corrected chi connectivity index (χ4v) is 2.79. The molecular formula is C13H18ClN7. The Hall–Kier alpha value is -1.89. The molecule has 0 aliphatic heterocycles. The van der Waals surface area contributed by atoms with Crippen LogP contribution in [0.25, 0.3) is 11.2 Å². The van der Waals surface area contributed by atoms with Crippen molar-refractivity contribution in [1.29, 1.82) is 0 Å². The van der Waals surface area contributed by atoms with Gasteiger partial charge in [-0.1, -0.05) is 0 Å². The Labute approximate surface area is 127 Å². The minimum Gasteiger partial charge on any atom is -0.321 e. The van der Waals surface area contributed by atoms with E-state index in [2.05, 4.69) is 24.8 Å². The van der Waals surface area contributed by atoms with E-state index in [9.17, 15) is 0 Å². The van der Waals surface area contributed by atoms with Crippen LogP contribution in [0.5, 0.6) is 0 Å². The summed E-state index contributed by atoms with van der Waals surface area (Å²) >= 11 is 6.29. The Balaban J connectivity index is 2.03. The lowest BCUT2D eigenvalue weighted by molar-refractivity contribution is 0.611. The van der Waals surface area contributed by atoms with E-state index in [4.69, 9.17) is 11.6 Å². The van der Waals surface area contributed by atoms with E-state index in [1.165, 1.54) is 0 Å². The highest BCUT2D eigenvalue weighted by Gasteiger charge is 2.20. The predicted octanol–water partition coefficient (Wildman–Crippen LogP) is 1.75. The van der Waals surface area contributed by atoms with Gasteiger partial charge in [-0.05, 0) is 13.8 Å². The van der Waals surface area contributed by atoms with Crippen molar-refractivity contribution >= 4 is 22.8 Å². The fraction of sp³-hybridized carbons (Fsp3) is 0.538. The van der Waals surface area contributed by atoms with Crippen LogP contribution in [0.15, 0.2) is 6.33 Å². The quantitative estimate of drug-likeness (QED) is 0.689. The number of aromatic nitrogens is 7. The summed E-state index contributed by atoms with van der Waals surface area (Å²) in [5.74, 6) is 1.80. The summed E-state index contributed by atoms with van der Waals surface area (Å²) < 4.78 is 5.91. The Kier molecular flexibility index (Phi) is 3.44. The van der Waals surface area contributed by atoms with Crippen LogP contribution >= 0.6 is 11.6 Å². The van der Waals surface area contributed by atoms with Crippen molar-refractivity contribution in [1.82, 2.24) is 34.1 Å². The van der Waals surface area contributed by atoms with Crippen molar-refractivity contribution < 1.29 is 0 Å². The second kappa shape index (κ2) is 5.14. The minimum atomic E-state index is -0.156. The van der Waals surface area contributed by atoms with Gasteiger partial charge in [0, 0.05) is 27.1 Å². The van der Waals surface area contributed by atoms with Gasteiger partial charge in [0.1, 0.15) is 23.5 Å². The molecule has 0 bridgehead atoms. The summed E-state index contributed by atoms with van der Waals surface area (Å²) in [4.78, 5) is 4.66. The SMILES string of the molecule is Cc1nn(C)c2c1nc(C(C)Cl)n2CCc1nncn1C. The van der Waals surface area contributed by atoms with Gasteiger partial charge >= 0.3 is 0 Å². The molecule has 0 N–H and O–H groups in total. The second-order valence-corrected chi connectivity index (χ2v) is 5.88. The first-order valence-corrected chi connectivity index (χ1v) is 7.29. The number of rotatable bonds is 4. The largest absolute Gasteiger partial charge is 0.321 e. The molecule has 0 amide bonds. The Bertz CT molecular complexity index is 780. The van der Waals surface area contributed by atoms with Crippen LogP contribution in [-0.4, -0.2) is 34.1 Å². The zero-order chi connectivity index (χ0) is 15.1. The van der Waals surface area contributed by atoms with Gasteiger partial charge in [-0.2, -0.15) is 5.10 Å². The van der Waals surface area contributed by atoms with Gasteiger partial charge in [0.2, 0.25) is 0 Å². The summed E-state index contributed by atoms with van der Waals surface area (Å²) in [6.07, 6.45) is 2.47. The number of nitrogens with zero attached hydrogens (tertiary/aromatic N) is 7. The molecule has 0 radical (unpaired) electrons. The molecule has 3 rings (SSSR count). The van der Waals surface area contributed by atoms with Gasteiger partial charge in [0.25, 0.3) is 0 Å². The molecule has 7 nitrogen and oxygen atoms in total. The monoisotopic (exact) mass is 307 g/mol. The number of alkyl halides is 1. The van der Waals surface area contributed by atoms with E-state index in [0.717, 1.165) is 41.5 Å². The lowest BCUT2D eigenvalue weighted by atomic mass is 10.3. The van der Waals surface area contributed by atoms with Crippen LogP contribution in [0.3, 0.4) is 0 Å². The third-order valence-electron chi connectivity index (χ3n) is 3.64. The van der Waals surface area contributed by atoms with Gasteiger partial charge < -0.3 is 9.13 Å². The highest BCUT2D eigenvalue weighted by molar-refractivity contribution is 6.20. The Morgan fingerprint density at radius 2 is 2.10 bits per heavy atom. The van der Waals surface area contributed by atoms with Crippen LogP contribution in [0.4, 0.5) is 0 Å². The molecule has 0 fully saturated rings. The highest BCUT2D eigenvalue weighted by Crippen LogP contribution is 2.26. The topological polar surface area (TPSA) is 66.3 Å². The van der Waals surface area contributed by atoms with E-state index < -0.39 is 0 Å². The molecule has 0 saturated carbocycles. The van der Waals surface area contributed by atoms with Crippen molar-refractivity contribution in [3.05, 3.63) is 23.7 Å². The van der Waals surface area contributed by atoms with E-state index in [0.29, 0.717) is 0 Å². The van der Waals surface area contributed by atoms with Gasteiger partial charge in [-0.25, -0.2) is 4.98 Å². The van der Waals surface area contributed by atoms with E-state index in [-0.39, 0.29) is 5.38 Å². The number of hydrogen-bond donors (Lipinski definition) is 0. The first-order valence-electron chi connectivity index (χ1n) is 6.85. The van der Waals surface area contributed by atoms with Crippen molar-refractivity contribution in [2.24, 2.45) is 14.1 Å². The van der Waals surface area contributed by atoms with Gasteiger partial charge in [-0.15, -0.1) is 21.8 Å². The minimum absolute atomic E-state index is 0.156. The second-order valence-electron chi connectivity index (χ2n) is 5.23. The molecule has 0 aliphatic carbocycles.